The number of imidazole rings is 1. The lowest BCUT2D eigenvalue weighted by Gasteiger charge is -2.05. The van der Waals surface area contributed by atoms with E-state index < -0.39 is 0 Å². The number of amides is 1. The van der Waals surface area contributed by atoms with Gasteiger partial charge in [0.25, 0.3) is 0 Å². The highest BCUT2D eigenvalue weighted by atomic mass is 16.1. The van der Waals surface area contributed by atoms with Crippen LogP contribution in [0.4, 0.5) is 0 Å². The highest BCUT2D eigenvalue weighted by Gasteiger charge is 2.01. The van der Waals surface area contributed by atoms with Crippen LogP contribution in [-0.2, 0) is 18.3 Å². The van der Waals surface area contributed by atoms with E-state index in [4.69, 9.17) is 0 Å². The third-order valence-electron chi connectivity index (χ3n) is 2.30. The van der Waals surface area contributed by atoms with Gasteiger partial charge in [0, 0.05) is 39.0 Å². The molecule has 1 amide bonds. The zero-order valence-electron chi connectivity index (χ0n) is 9.99. The molecule has 0 bridgehead atoms. The number of rotatable bonds is 7. The Morgan fingerprint density at radius 2 is 2.31 bits per heavy atom. The van der Waals surface area contributed by atoms with Gasteiger partial charge in [-0.05, 0) is 6.42 Å². The Morgan fingerprint density at radius 1 is 1.50 bits per heavy atom. The molecular weight excluding hydrogens is 204 g/mol. The van der Waals surface area contributed by atoms with Crippen LogP contribution < -0.4 is 10.6 Å². The van der Waals surface area contributed by atoms with E-state index in [-0.39, 0.29) is 5.91 Å². The van der Waals surface area contributed by atoms with Crippen LogP contribution in [0.5, 0.6) is 0 Å². The monoisotopic (exact) mass is 224 g/mol. The van der Waals surface area contributed by atoms with Crippen LogP contribution >= 0.6 is 0 Å². The number of nitrogens with zero attached hydrogens (tertiary/aromatic N) is 2. The van der Waals surface area contributed by atoms with Gasteiger partial charge in [-0.2, -0.15) is 0 Å². The van der Waals surface area contributed by atoms with E-state index in [2.05, 4.69) is 15.6 Å². The van der Waals surface area contributed by atoms with Crippen molar-refractivity contribution in [2.45, 2.75) is 19.8 Å². The summed E-state index contributed by atoms with van der Waals surface area (Å²) in [6, 6.07) is 0. The lowest BCUT2D eigenvalue weighted by Crippen LogP contribution is -2.35. The third kappa shape index (κ3) is 4.44. The van der Waals surface area contributed by atoms with Crippen molar-refractivity contribution < 1.29 is 4.79 Å². The zero-order chi connectivity index (χ0) is 11.8. The van der Waals surface area contributed by atoms with Crippen LogP contribution in [-0.4, -0.2) is 35.1 Å². The van der Waals surface area contributed by atoms with E-state index in [9.17, 15) is 4.79 Å². The summed E-state index contributed by atoms with van der Waals surface area (Å²) in [6.07, 6.45) is 5.51. The van der Waals surface area contributed by atoms with Crippen LogP contribution in [0.1, 0.15) is 19.2 Å². The first-order chi connectivity index (χ1) is 7.74. The minimum Gasteiger partial charge on any atom is -0.355 e. The van der Waals surface area contributed by atoms with E-state index >= 15 is 0 Å². The number of hydrogen-bond donors (Lipinski definition) is 2. The van der Waals surface area contributed by atoms with E-state index in [1.807, 2.05) is 24.7 Å². The van der Waals surface area contributed by atoms with Gasteiger partial charge in [-0.1, -0.05) is 6.92 Å². The molecule has 16 heavy (non-hydrogen) atoms. The molecular formula is C11H20N4O. The van der Waals surface area contributed by atoms with E-state index in [1.54, 1.807) is 6.20 Å². The molecule has 0 aliphatic heterocycles. The van der Waals surface area contributed by atoms with Crippen molar-refractivity contribution >= 4 is 5.91 Å². The van der Waals surface area contributed by atoms with Crippen molar-refractivity contribution in [1.82, 2.24) is 20.2 Å². The molecule has 5 heteroatoms. The molecule has 0 fully saturated rings. The predicted octanol–water partition coefficient (Wildman–Crippen LogP) is 0.0784. The van der Waals surface area contributed by atoms with Crippen LogP contribution in [0.3, 0.4) is 0 Å². The Balaban J connectivity index is 2.08. The Hall–Kier alpha value is -1.36. The van der Waals surface area contributed by atoms with Crippen molar-refractivity contribution in [3.63, 3.8) is 0 Å². The lowest BCUT2D eigenvalue weighted by atomic mass is 10.4. The summed E-state index contributed by atoms with van der Waals surface area (Å²) in [6.45, 7) is 3.93. The fraction of sp³-hybridized carbons (Fsp3) is 0.636. The molecule has 0 saturated carbocycles. The number of nitrogens with one attached hydrogen (secondary N) is 2. The summed E-state index contributed by atoms with van der Waals surface area (Å²) in [4.78, 5) is 15.4. The number of aromatic nitrogens is 2. The van der Waals surface area contributed by atoms with E-state index in [0.717, 1.165) is 31.8 Å². The highest BCUT2D eigenvalue weighted by molar-refractivity contribution is 5.77. The smallest absolute Gasteiger partial charge is 0.233 e. The molecule has 1 heterocycles. The molecule has 1 aromatic rings. The lowest BCUT2D eigenvalue weighted by molar-refractivity contribution is -0.120. The Morgan fingerprint density at radius 3 is 2.94 bits per heavy atom. The van der Waals surface area contributed by atoms with Gasteiger partial charge in [0.15, 0.2) is 0 Å². The maximum Gasteiger partial charge on any atom is 0.233 e. The van der Waals surface area contributed by atoms with Crippen molar-refractivity contribution in [2.75, 3.05) is 19.6 Å². The van der Waals surface area contributed by atoms with Gasteiger partial charge in [-0.3, -0.25) is 4.79 Å². The number of carbonyl (C=O) groups is 1. The first-order valence-electron chi connectivity index (χ1n) is 5.67. The van der Waals surface area contributed by atoms with Gasteiger partial charge in [0.1, 0.15) is 5.82 Å². The van der Waals surface area contributed by atoms with Gasteiger partial charge >= 0.3 is 0 Å². The quantitative estimate of drug-likeness (QED) is 0.645. The molecule has 1 rings (SSSR count). The first kappa shape index (κ1) is 12.7. The summed E-state index contributed by atoms with van der Waals surface area (Å²) >= 11 is 0. The highest BCUT2D eigenvalue weighted by Crippen LogP contribution is 1.93. The molecule has 1 aromatic heterocycles. The van der Waals surface area contributed by atoms with E-state index in [1.165, 1.54) is 0 Å². The molecule has 0 aliphatic carbocycles. The summed E-state index contributed by atoms with van der Waals surface area (Å²) in [5.41, 5.74) is 0. The molecule has 0 spiro atoms. The molecule has 5 nitrogen and oxygen atoms in total. The average molecular weight is 224 g/mol. The van der Waals surface area contributed by atoms with Gasteiger partial charge in [-0.25, -0.2) is 4.98 Å². The Labute approximate surface area is 96.3 Å². The van der Waals surface area contributed by atoms with Crippen LogP contribution in [0.2, 0.25) is 0 Å². The van der Waals surface area contributed by atoms with Gasteiger partial charge in [0.2, 0.25) is 5.91 Å². The molecule has 0 atom stereocenters. The maximum atomic E-state index is 11.2. The van der Waals surface area contributed by atoms with Gasteiger partial charge in [0.05, 0.1) is 6.54 Å². The topological polar surface area (TPSA) is 59.0 Å². The molecule has 0 unspecified atom stereocenters. The second kappa shape index (κ2) is 7.00. The molecule has 90 valence electrons. The maximum absolute atomic E-state index is 11.2. The summed E-state index contributed by atoms with van der Waals surface area (Å²) in [7, 11) is 1.97. The van der Waals surface area contributed by atoms with E-state index in [0.29, 0.717) is 6.54 Å². The van der Waals surface area contributed by atoms with Crippen LogP contribution in [0.15, 0.2) is 12.4 Å². The fourth-order valence-corrected chi connectivity index (χ4v) is 1.37. The standard InChI is InChI=1S/C11H20N4O/c1-3-5-14-11(16)9-12-6-4-10-13-7-8-15(10)2/h7-8,12H,3-6,9H2,1-2H3,(H,14,16). The molecule has 0 radical (unpaired) electrons. The minimum absolute atomic E-state index is 0.0571. The number of aryl methyl sites for hydroxylation is 1. The Kier molecular flexibility index (Phi) is 5.56. The predicted molar refractivity (Wildman–Crippen MR) is 63.1 cm³/mol. The summed E-state index contributed by atoms with van der Waals surface area (Å²) < 4.78 is 1.98. The van der Waals surface area contributed by atoms with Crippen molar-refractivity contribution in [3.8, 4) is 0 Å². The normalized spacial score (nSPS) is 10.4. The second-order valence-electron chi connectivity index (χ2n) is 3.73. The largest absolute Gasteiger partial charge is 0.355 e. The zero-order valence-corrected chi connectivity index (χ0v) is 9.99. The number of carbonyl (C=O) groups excluding carboxylic acids is 1. The van der Waals surface area contributed by atoms with Crippen LogP contribution in [0, 0.1) is 0 Å². The van der Waals surface area contributed by atoms with Crippen molar-refractivity contribution in [2.24, 2.45) is 7.05 Å². The van der Waals surface area contributed by atoms with Crippen molar-refractivity contribution in [3.05, 3.63) is 18.2 Å². The number of hydrogen-bond acceptors (Lipinski definition) is 3. The van der Waals surface area contributed by atoms with Gasteiger partial charge in [-0.15, -0.1) is 0 Å². The molecule has 0 aromatic carbocycles. The first-order valence-corrected chi connectivity index (χ1v) is 5.67. The molecule has 0 aliphatic rings. The molecule has 2 N–H and O–H groups in total. The third-order valence-corrected chi connectivity index (χ3v) is 2.30. The van der Waals surface area contributed by atoms with Crippen molar-refractivity contribution in [1.29, 1.82) is 0 Å². The average Bonchev–Trinajstić information content (AvgIpc) is 2.67. The van der Waals surface area contributed by atoms with Crippen LogP contribution in [0.25, 0.3) is 0 Å². The Bertz CT molecular complexity index is 322. The molecule has 0 saturated heterocycles. The fourth-order valence-electron chi connectivity index (χ4n) is 1.37. The SMILES string of the molecule is CCCNC(=O)CNCCc1nccn1C. The summed E-state index contributed by atoms with van der Waals surface area (Å²) in [5.74, 6) is 1.09. The van der Waals surface area contributed by atoms with Gasteiger partial charge < -0.3 is 15.2 Å². The minimum atomic E-state index is 0.0571. The summed E-state index contributed by atoms with van der Waals surface area (Å²) in [5, 5.41) is 5.91. The second-order valence-corrected chi connectivity index (χ2v) is 3.73.